The molecule has 0 bridgehead atoms. The maximum Gasteiger partial charge on any atom is 0.230 e. The Hall–Kier alpha value is -2.84. The molecule has 0 spiro atoms. The molecule has 2 aromatic heterocycles. The minimum Gasteiger partial charge on any atom is -0.424 e. The number of hydrogen-bond donors (Lipinski definition) is 0. The molecule has 2 saturated heterocycles. The van der Waals surface area contributed by atoms with Crippen LogP contribution >= 0.6 is 0 Å². The normalized spacial score (nSPS) is 18.4. The maximum atomic E-state index is 5.94. The lowest BCUT2D eigenvalue weighted by atomic mass is 10.0. The topological polar surface area (TPSA) is 80.4 Å². The van der Waals surface area contributed by atoms with E-state index in [4.69, 9.17) is 9.15 Å². The van der Waals surface area contributed by atoms with Gasteiger partial charge in [-0.2, -0.15) is 0 Å². The lowest BCUT2D eigenvalue weighted by Crippen LogP contribution is -2.46. The summed E-state index contributed by atoms with van der Waals surface area (Å²) in [5, 5.41) is 17.5. The lowest BCUT2D eigenvalue weighted by Gasteiger charge is -2.34. The molecular weight excluding hydrogens is 392 g/mol. The molecule has 162 valence electrons. The van der Waals surface area contributed by atoms with Crippen molar-refractivity contribution in [1.29, 1.82) is 0 Å². The minimum absolute atomic E-state index is 0.341. The van der Waals surface area contributed by atoms with E-state index in [0.717, 1.165) is 75.2 Å². The highest BCUT2D eigenvalue weighted by atomic mass is 16.5. The summed E-state index contributed by atoms with van der Waals surface area (Å²) >= 11 is 0. The molecule has 0 unspecified atom stereocenters. The number of nitrogens with zero attached hydrogens (tertiary/aromatic N) is 6. The third-order valence-corrected chi connectivity index (χ3v) is 6.11. The molecule has 0 amide bonds. The summed E-state index contributed by atoms with van der Waals surface area (Å²) < 4.78 is 11.4. The Morgan fingerprint density at radius 1 is 0.871 bits per heavy atom. The van der Waals surface area contributed by atoms with Crippen molar-refractivity contribution in [3.05, 3.63) is 53.7 Å². The molecule has 5 rings (SSSR count). The van der Waals surface area contributed by atoms with E-state index in [1.54, 1.807) is 0 Å². The Kier molecular flexibility index (Phi) is 5.90. The molecule has 0 atom stereocenters. The number of ether oxygens (including phenoxy) is 1. The van der Waals surface area contributed by atoms with E-state index < -0.39 is 0 Å². The van der Waals surface area contributed by atoms with Crippen LogP contribution in [0.3, 0.4) is 0 Å². The molecular formula is C23H28N6O2. The van der Waals surface area contributed by atoms with E-state index in [0.29, 0.717) is 18.4 Å². The molecule has 8 nitrogen and oxygen atoms in total. The van der Waals surface area contributed by atoms with Crippen molar-refractivity contribution < 1.29 is 9.15 Å². The van der Waals surface area contributed by atoms with Crippen molar-refractivity contribution >= 4 is 5.82 Å². The van der Waals surface area contributed by atoms with Crippen molar-refractivity contribution in [2.75, 3.05) is 44.3 Å². The highest BCUT2D eigenvalue weighted by Gasteiger charge is 2.24. The molecule has 31 heavy (non-hydrogen) atoms. The van der Waals surface area contributed by atoms with Crippen molar-refractivity contribution in [2.45, 2.75) is 32.2 Å². The van der Waals surface area contributed by atoms with Crippen LogP contribution < -0.4 is 4.90 Å². The molecule has 8 heteroatoms. The molecule has 0 radical (unpaired) electrons. The van der Waals surface area contributed by atoms with E-state index in [-0.39, 0.29) is 0 Å². The summed E-state index contributed by atoms with van der Waals surface area (Å²) in [5.41, 5.74) is 3.24. The van der Waals surface area contributed by atoms with Crippen LogP contribution in [0.2, 0.25) is 0 Å². The van der Waals surface area contributed by atoms with Gasteiger partial charge in [0.25, 0.3) is 0 Å². The monoisotopic (exact) mass is 420 g/mol. The Balaban J connectivity index is 1.14. The van der Waals surface area contributed by atoms with Crippen LogP contribution in [0.15, 0.2) is 40.8 Å². The molecule has 2 aliphatic rings. The fourth-order valence-electron chi connectivity index (χ4n) is 4.14. The number of rotatable bonds is 5. The standard InChI is InChI=1S/C23H28N6O2/c1-17-2-4-18(5-3-17)20-6-7-21(25-24-20)29-12-10-28(11-13-29)16-22-26-27-23(31-22)19-8-14-30-15-9-19/h2-7,19H,8-16H2,1H3. The highest BCUT2D eigenvalue weighted by molar-refractivity contribution is 5.60. The Bertz CT molecular complexity index is 974. The summed E-state index contributed by atoms with van der Waals surface area (Å²) in [6.07, 6.45) is 1.92. The van der Waals surface area contributed by atoms with Crippen molar-refractivity contribution in [1.82, 2.24) is 25.3 Å². The van der Waals surface area contributed by atoms with Crippen LogP contribution in [0.1, 0.15) is 36.1 Å². The van der Waals surface area contributed by atoms with E-state index in [9.17, 15) is 0 Å². The van der Waals surface area contributed by atoms with E-state index >= 15 is 0 Å². The predicted molar refractivity (Wildman–Crippen MR) is 117 cm³/mol. The van der Waals surface area contributed by atoms with Gasteiger partial charge < -0.3 is 14.1 Å². The van der Waals surface area contributed by atoms with Crippen molar-refractivity contribution in [2.24, 2.45) is 0 Å². The van der Waals surface area contributed by atoms with Crippen molar-refractivity contribution in [3.63, 3.8) is 0 Å². The molecule has 0 N–H and O–H groups in total. The van der Waals surface area contributed by atoms with Crippen LogP contribution in [-0.2, 0) is 11.3 Å². The van der Waals surface area contributed by atoms with Gasteiger partial charge in [-0.15, -0.1) is 20.4 Å². The minimum atomic E-state index is 0.341. The van der Waals surface area contributed by atoms with Crippen LogP contribution in [0.5, 0.6) is 0 Å². The van der Waals surface area contributed by atoms with Gasteiger partial charge in [-0.1, -0.05) is 29.8 Å². The van der Waals surface area contributed by atoms with Gasteiger partial charge in [0.05, 0.1) is 12.2 Å². The molecule has 2 aliphatic heterocycles. The second-order valence-corrected chi connectivity index (χ2v) is 8.33. The van der Waals surface area contributed by atoms with Crippen LogP contribution in [0.25, 0.3) is 11.3 Å². The maximum absolute atomic E-state index is 5.94. The van der Waals surface area contributed by atoms with Crippen LogP contribution in [0.4, 0.5) is 5.82 Å². The average molecular weight is 421 g/mol. The smallest absolute Gasteiger partial charge is 0.230 e. The number of hydrogen-bond acceptors (Lipinski definition) is 8. The van der Waals surface area contributed by atoms with Gasteiger partial charge in [0.2, 0.25) is 11.8 Å². The fraction of sp³-hybridized carbons (Fsp3) is 0.478. The van der Waals surface area contributed by atoms with Gasteiger partial charge in [0, 0.05) is 50.9 Å². The van der Waals surface area contributed by atoms with Gasteiger partial charge >= 0.3 is 0 Å². The zero-order valence-corrected chi connectivity index (χ0v) is 17.9. The lowest BCUT2D eigenvalue weighted by molar-refractivity contribution is 0.0788. The molecule has 0 aliphatic carbocycles. The zero-order valence-electron chi connectivity index (χ0n) is 17.9. The Morgan fingerprint density at radius 3 is 2.35 bits per heavy atom. The summed E-state index contributed by atoms with van der Waals surface area (Å²) in [7, 11) is 0. The largest absolute Gasteiger partial charge is 0.424 e. The van der Waals surface area contributed by atoms with Gasteiger partial charge in [0.1, 0.15) is 0 Å². The number of benzene rings is 1. The molecule has 2 fully saturated rings. The SMILES string of the molecule is Cc1ccc(-c2ccc(N3CCN(Cc4nnc(C5CCOCC5)o4)CC3)nn2)cc1. The van der Waals surface area contributed by atoms with Gasteiger partial charge in [-0.25, -0.2) is 0 Å². The van der Waals surface area contributed by atoms with Crippen molar-refractivity contribution in [3.8, 4) is 11.3 Å². The highest BCUT2D eigenvalue weighted by Crippen LogP contribution is 2.26. The molecule has 0 saturated carbocycles. The average Bonchev–Trinajstić information content (AvgIpc) is 3.29. The van der Waals surface area contributed by atoms with E-state index in [2.05, 4.69) is 73.5 Å². The fourth-order valence-corrected chi connectivity index (χ4v) is 4.14. The molecule has 1 aromatic carbocycles. The first-order valence-electron chi connectivity index (χ1n) is 11.0. The van der Waals surface area contributed by atoms with E-state index in [1.807, 2.05) is 0 Å². The quantitative estimate of drug-likeness (QED) is 0.623. The zero-order chi connectivity index (χ0) is 21.0. The van der Waals surface area contributed by atoms with Gasteiger partial charge in [-0.05, 0) is 31.9 Å². The third kappa shape index (κ3) is 4.75. The second-order valence-electron chi connectivity index (χ2n) is 8.33. The number of aromatic nitrogens is 4. The summed E-state index contributed by atoms with van der Waals surface area (Å²) in [4.78, 5) is 4.63. The Labute approximate surface area is 182 Å². The summed E-state index contributed by atoms with van der Waals surface area (Å²) in [5.74, 6) is 2.74. The number of piperazine rings is 1. The molecule has 4 heterocycles. The van der Waals surface area contributed by atoms with Crippen LogP contribution in [-0.4, -0.2) is 64.7 Å². The number of aryl methyl sites for hydroxylation is 1. The third-order valence-electron chi connectivity index (χ3n) is 6.11. The van der Waals surface area contributed by atoms with Crippen LogP contribution in [0, 0.1) is 6.92 Å². The molecule has 3 aromatic rings. The first-order valence-corrected chi connectivity index (χ1v) is 11.0. The number of anilines is 1. The first kappa shape index (κ1) is 20.1. The summed E-state index contributed by atoms with van der Waals surface area (Å²) in [6.45, 7) is 7.99. The first-order chi connectivity index (χ1) is 15.2. The van der Waals surface area contributed by atoms with Gasteiger partial charge in [0.15, 0.2) is 5.82 Å². The predicted octanol–water partition coefficient (Wildman–Crippen LogP) is 3.05. The van der Waals surface area contributed by atoms with Gasteiger partial charge in [-0.3, -0.25) is 4.90 Å². The summed E-state index contributed by atoms with van der Waals surface area (Å²) in [6, 6.07) is 12.5. The second kappa shape index (κ2) is 9.11. The Morgan fingerprint density at radius 2 is 1.65 bits per heavy atom. The van der Waals surface area contributed by atoms with E-state index in [1.165, 1.54) is 5.56 Å².